The third-order valence-electron chi connectivity index (χ3n) is 4.92. The molecule has 0 amide bonds. The Labute approximate surface area is 184 Å². The zero-order valence-electron chi connectivity index (χ0n) is 17.9. The molecule has 0 unspecified atom stereocenters. The number of hydrogen-bond acceptors (Lipinski definition) is 4. The second-order valence-electron chi connectivity index (χ2n) is 7.10. The molecule has 0 radical (unpaired) electrons. The minimum atomic E-state index is -0.967. The van der Waals surface area contributed by atoms with Gasteiger partial charge in [0.05, 0.1) is 5.92 Å². The van der Waals surface area contributed by atoms with Gasteiger partial charge in [-0.05, 0) is 35.4 Å². The van der Waals surface area contributed by atoms with Crippen molar-refractivity contribution in [2.24, 2.45) is 0 Å². The lowest BCUT2D eigenvalue weighted by molar-refractivity contribution is -0.110. The standard InChI is InChI=1S/C27H24O2.2H3N/c1-27(28-24-18-10-4-11-19-24,29-25-20-12-5-13-21-25)26(22-14-6-2-7-15-22)23-16-8-3-9-17-23;;/h2-21,26H,1H3;2*1H3. The Balaban J connectivity index is 0.00000171. The molecule has 4 rings (SSSR count). The van der Waals surface area contributed by atoms with Gasteiger partial charge in [0, 0.05) is 6.92 Å². The van der Waals surface area contributed by atoms with E-state index >= 15 is 0 Å². The lowest BCUT2D eigenvalue weighted by Crippen LogP contribution is -2.45. The Kier molecular flexibility index (Phi) is 8.38. The van der Waals surface area contributed by atoms with Gasteiger partial charge in [0.2, 0.25) is 0 Å². The molecule has 0 fully saturated rings. The van der Waals surface area contributed by atoms with Crippen molar-refractivity contribution in [3.05, 3.63) is 132 Å². The highest BCUT2D eigenvalue weighted by Gasteiger charge is 2.41. The number of para-hydroxylation sites is 2. The summed E-state index contributed by atoms with van der Waals surface area (Å²) in [6.45, 7) is 2.01. The van der Waals surface area contributed by atoms with Crippen LogP contribution in [0.15, 0.2) is 121 Å². The van der Waals surface area contributed by atoms with E-state index in [4.69, 9.17) is 9.47 Å². The summed E-state index contributed by atoms with van der Waals surface area (Å²) < 4.78 is 13.1. The van der Waals surface area contributed by atoms with Gasteiger partial charge in [-0.25, -0.2) is 0 Å². The maximum Gasteiger partial charge on any atom is 0.259 e. The predicted molar refractivity (Wildman–Crippen MR) is 127 cm³/mol. The van der Waals surface area contributed by atoms with E-state index in [2.05, 4.69) is 48.5 Å². The first-order valence-electron chi connectivity index (χ1n) is 9.83. The van der Waals surface area contributed by atoms with Gasteiger partial charge in [-0.1, -0.05) is 97.1 Å². The zero-order chi connectivity index (χ0) is 19.9. The third kappa shape index (κ3) is 5.72. The first-order valence-corrected chi connectivity index (χ1v) is 9.83. The average Bonchev–Trinajstić information content (AvgIpc) is 2.77. The van der Waals surface area contributed by atoms with Gasteiger partial charge in [0.15, 0.2) is 0 Å². The molecule has 0 bridgehead atoms. The van der Waals surface area contributed by atoms with E-state index in [1.54, 1.807) is 0 Å². The van der Waals surface area contributed by atoms with Crippen LogP contribution in [-0.2, 0) is 0 Å². The summed E-state index contributed by atoms with van der Waals surface area (Å²) in [4.78, 5) is 0. The highest BCUT2D eigenvalue weighted by Crippen LogP contribution is 2.39. The third-order valence-corrected chi connectivity index (χ3v) is 4.92. The fourth-order valence-corrected chi connectivity index (χ4v) is 3.67. The van der Waals surface area contributed by atoms with Gasteiger partial charge in [0.25, 0.3) is 5.79 Å². The van der Waals surface area contributed by atoms with E-state index in [9.17, 15) is 0 Å². The van der Waals surface area contributed by atoms with Crippen LogP contribution in [-0.4, -0.2) is 5.79 Å². The fraction of sp³-hybridized carbons (Fsp3) is 0.111. The molecule has 0 aliphatic rings. The summed E-state index contributed by atoms with van der Waals surface area (Å²) in [5.41, 5.74) is 2.26. The molecule has 0 aliphatic heterocycles. The summed E-state index contributed by atoms with van der Waals surface area (Å²) in [5, 5.41) is 0. The van der Waals surface area contributed by atoms with Crippen LogP contribution < -0.4 is 21.8 Å². The number of benzene rings is 4. The highest BCUT2D eigenvalue weighted by atomic mass is 16.7. The molecule has 0 atom stereocenters. The molecule has 160 valence electrons. The summed E-state index contributed by atoms with van der Waals surface area (Å²) in [5.74, 6) is 0.432. The largest absolute Gasteiger partial charge is 0.452 e. The van der Waals surface area contributed by atoms with Crippen LogP contribution in [0.3, 0.4) is 0 Å². The van der Waals surface area contributed by atoms with Crippen molar-refractivity contribution in [3.8, 4) is 11.5 Å². The van der Waals surface area contributed by atoms with Gasteiger partial charge < -0.3 is 21.8 Å². The normalized spacial score (nSPS) is 10.5. The molecule has 0 saturated heterocycles. The zero-order valence-corrected chi connectivity index (χ0v) is 17.9. The SMILES string of the molecule is CC(Oc1ccccc1)(Oc1ccccc1)C(c1ccccc1)c1ccccc1.N.N. The molecule has 4 nitrogen and oxygen atoms in total. The molecule has 4 aromatic carbocycles. The Morgan fingerprint density at radius 3 is 1.10 bits per heavy atom. The molecule has 4 aromatic rings. The number of ether oxygens (including phenoxy) is 2. The number of rotatable bonds is 7. The van der Waals surface area contributed by atoms with Gasteiger partial charge in [-0.2, -0.15) is 0 Å². The molecular formula is C27H30N2O2. The monoisotopic (exact) mass is 414 g/mol. The van der Waals surface area contributed by atoms with Gasteiger partial charge in [-0.15, -0.1) is 0 Å². The Bertz CT molecular complexity index is 929. The summed E-state index contributed by atoms with van der Waals surface area (Å²) in [7, 11) is 0. The van der Waals surface area contributed by atoms with Crippen LogP contribution in [0.25, 0.3) is 0 Å². The Morgan fingerprint density at radius 1 is 0.484 bits per heavy atom. The van der Waals surface area contributed by atoms with Crippen molar-refractivity contribution in [2.45, 2.75) is 18.6 Å². The highest BCUT2D eigenvalue weighted by molar-refractivity contribution is 5.37. The van der Waals surface area contributed by atoms with Crippen LogP contribution >= 0.6 is 0 Å². The van der Waals surface area contributed by atoms with Crippen molar-refractivity contribution >= 4 is 0 Å². The lowest BCUT2D eigenvalue weighted by Gasteiger charge is -2.38. The molecule has 0 saturated carbocycles. The smallest absolute Gasteiger partial charge is 0.259 e. The lowest BCUT2D eigenvalue weighted by atomic mass is 9.84. The van der Waals surface area contributed by atoms with E-state index in [1.807, 2.05) is 79.7 Å². The van der Waals surface area contributed by atoms with Gasteiger partial charge >= 0.3 is 0 Å². The van der Waals surface area contributed by atoms with E-state index in [0.717, 1.165) is 22.6 Å². The van der Waals surface area contributed by atoms with Crippen LogP contribution in [0.1, 0.15) is 24.0 Å². The van der Waals surface area contributed by atoms with Gasteiger partial charge in [0.1, 0.15) is 11.5 Å². The summed E-state index contributed by atoms with van der Waals surface area (Å²) in [6, 6.07) is 40.4. The second-order valence-corrected chi connectivity index (χ2v) is 7.10. The van der Waals surface area contributed by atoms with Gasteiger partial charge in [-0.3, -0.25) is 0 Å². The second kappa shape index (κ2) is 11.0. The molecule has 0 spiro atoms. The van der Waals surface area contributed by atoms with Crippen LogP contribution in [0.5, 0.6) is 11.5 Å². The number of hydrogen-bond donors (Lipinski definition) is 2. The Hall–Kier alpha value is -3.60. The molecule has 0 heterocycles. The van der Waals surface area contributed by atoms with E-state index in [1.165, 1.54) is 0 Å². The van der Waals surface area contributed by atoms with E-state index in [0.29, 0.717) is 0 Å². The molecular weight excluding hydrogens is 384 g/mol. The maximum absolute atomic E-state index is 6.55. The molecule has 0 aromatic heterocycles. The van der Waals surface area contributed by atoms with Crippen molar-refractivity contribution in [1.29, 1.82) is 0 Å². The first kappa shape index (κ1) is 23.7. The quantitative estimate of drug-likeness (QED) is 0.318. The minimum Gasteiger partial charge on any atom is -0.452 e. The molecule has 0 aliphatic carbocycles. The van der Waals surface area contributed by atoms with Crippen LogP contribution in [0, 0.1) is 0 Å². The van der Waals surface area contributed by atoms with Crippen molar-refractivity contribution < 1.29 is 9.47 Å². The molecule has 31 heavy (non-hydrogen) atoms. The average molecular weight is 415 g/mol. The molecule has 6 N–H and O–H groups in total. The van der Waals surface area contributed by atoms with Crippen molar-refractivity contribution in [1.82, 2.24) is 12.3 Å². The summed E-state index contributed by atoms with van der Waals surface area (Å²) >= 11 is 0. The predicted octanol–water partition coefficient (Wildman–Crippen LogP) is 7.02. The Morgan fingerprint density at radius 2 is 0.774 bits per heavy atom. The summed E-state index contributed by atoms with van der Waals surface area (Å²) in [6.07, 6.45) is 0. The van der Waals surface area contributed by atoms with Crippen molar-refractivity contribution in [2.75, 3.05) is 0 Å². The first-order chi connectivity index (χ1) is 14.2. The topological polar surface area (TPSA) is 88.5 Å². The van der Waals surface area contributed by atoms with Crippen LogP contribution in [0.4, 0.5) is 0 Å². The van der Waals surface area contributed by atoms with Crippen LogP contribution in [0.2, 0.25) is 0 Å². The van der Waals surface area contributed by atoms with E-state index in [-0.39, 0.29) is 18.2 Å². The fourth-order valence-electron chi connectivity index (χ4n) is 3.67. The van der Waals surface area contributed by atoms with Crippen molar-refractivity contribution in [3.63, 3.8) is 0 Å². The maximum atomic E-state index is 6.55. The molecule has 4 heteroatoms. The van der Waals surface area contributed by atoms with E-state index < -0.39 is 5.79 Å². The minimum absolute atomic E-state index is 0.